The van der Waals surface area contributed by atoms with E-state index in [0.29, 0.717) is 11.3 Å². The Morgan fingerprint density at radius 3 is 2.64 bits per heavy atom. The first kappa shape index (κ1) is 8.74. The van der Waals surface area contributed by atoms with E-state index in [-0.39, 0.29) is 11.4 Å². The van der Waals surface area contributed by atoms with Crippen molar-refractivity contribution in [3.63, 3.8) is 0 Å². The highest BCUT2D eigenvalue weighted by Gasteiger charge is 2.06. The van der Waals surface area contributed by atoms with E-state index in [1.807, 2.05) is 0 Å². The van der Waals surface area contributed by atoms with Gasteiger partial charge < -0.3 is 0 Å². The van der Waals surface area contributed by atoms with E-state index in [4.69, 9.17) is 0 Å². The fourth-order valence-corrected chi connectivity index (χ4v) is 1.31. The Morgan fingerprint density at radius 2 is 2.07 bits per heavy atom. The molecule has 2 aromatic rings. The van der Waals surface area contributed by atoms with Crippen molar-refractivity contribution in [3.05, 3.63) is 46.5 Å². The summed E-state index contributed by atoms with van der Waals surface area (Å²) in [5.74, 6) is -0.339. The molecule has 0 unspecified atom stereocenters. The molecule has 72 valence electrons. The summed E-state index contributed by atoms with van der Waals surface area (Å²) in [6, 6.07) is 7.70. The first-order chi connectivity index (χ1) is 6.68. The first-order valence-corrected chi connectivity index (χ1v) is 4.19. The van der Waals surface area contributed by atoms with E-state index in [2.05, 4.69) is 5.10 Å². The molecule has 0 saturated carbocycles. The van der Waals surface area contributed by atoms with Crippen LogP contribution in [0.2, 0.25) is 0 Å². The van der Waals surface area contributed by atoms with Crippen molar-refractivity contribution in [2.24, 2.45) is 7.05 Å². The fraction of sp³-hybridized carbons (Fsp3) is 0.100. The van der Waals surface area contributed by atoms with Crippen molar-refractivity contribution in [3.8, 4) is 11.3 Å². The topological polar surface area (TPSA) is 37.8 Å². The number of H-pyrrole nitrogens is 1. The van der Waals surface area contributed by atoms with Gasteiger partial charge in [-0.3, -0.25) is 14.6 Å². The number of rotatable bonds is 1. The summed E-state index contributed by atoms with van der Waals surface area (Å²) in [6.45, 7) is 0. The van der Waals surface area contributed by atoms with Crippen molar-refractivity contribution >= 4 is 0 Å². The molecular weight excluding hydrogens is 183 g/mol. The van der Waals surface area contributed by atoms with Gasteiger partial charge in [-0.1, -0.05) is 12.1 Å². The van der Waals surface area contributed by atoms with Crippen LogP contribution < -0.4 is 5.56 Å². The van der Waals surface area contributed by atoms with Crippen molar-refractivity contribution in [1.82, 2.24) is 9.78 Å². The Bertz CT molecular complexity index is 513. The molecule has 14 heavy (non-hydrogen) atoms. The van der Waals surface area contributed by atoms with Crippen LogP contribution in [0.15, 0.2) is 35.1 Å². The van der Waals surface area contributed by atoms with Crippen molar-refractivity contribution in [2.75, 3.05) is 0 Å². The molecule has 1 aromatic heterocycles. The number of nitrogens with zero attached hydrogens (tertiary/aromatic N) is 1. The van der Waals surface area contributed by atoms with Gasteiger partial charge in [0, 0.05) is 18.7 Å². The number of benzene rings is 1. The summed E-state index contributed by atoms with van der Waals surface area (Å²) in [6.07, 6.45) is 0. The Hall–Kier alpha value is -1.84. The summed E-state index contributed by atoms with van der Waals surface area (Å²) >= 11 is 0. The van der Waals surface area contributed by atoms with Crippen molar-refractivity contribution in [2.45, 2.75) is 0 Å². The molecule has 0 spiro atoms. The van der Waals surface area contributed by atoms with Crippen molar-refractivity contribution < 1.29 is 4.39 Å². The summed E-state index contributed by atoms with van der Waals surface area (Å²) < 4.78 is 14.6. The van der Waals surface area contributed by atoms with Crippen LogP contribution in [0.5, 0.6) is 0 Å². The van der Waals surface area contributed by atoms with Gasteiger partial charge in [0.05, 0.1) is 5.69 Å². The lowest BCUT2D eigenvalue weighted by molar-refractivity contribution is 0.630. The molecule has 0 saturated heterocycles. The van der Waals surface area contributed by atoms with E-state index in [9.17, 15) is 9.18 Å². The molecular formula is C10H9FN2O. The summed E-state index contributed by atoms with van der Waals surface area (Å²) in [5.41, 5.74) is 0.726. The summed E-state index contributed by atoms with van der Waals surface area (Å²) in [5, 5.41) is 2.77. The third-order valence-electron chi connectivity index (χ3n) is 2.05. The maximum Gasteiger partial charge on any atom is 0.266 e. The Balaban J connectivity index is 2.60. The van der Waals surface area contributed by atoms with Gasteiger partial charge in [0.15, 0.2) is 0 Å². The fourth-order valence-electron chi connectivity index (χ4n) is 1.31. The molecule has 1 aromatic carbocycles. The molecule has 2 rings (SSSR count). The van der Waals surface area contributed by atoms with Gasteiger partial charge in [-0.05, 0) is 12.1 Å². The number of aromatic amines is 1. The number of hydrogen-bond donors (Lipinski definition) is 1. The lowest BCUT2D eigenvalue weighted by atomic mass is 10.1. The molecule has 0 bridgehead atoms. The van der Waals surface area contributed by atoms with E-state index in [0.717, 1.165) is 0 Å². The molecule has 3 nitrogen and oxygen atoms in total. The van der Waals surface area contributed by atoms with Gasteiger partial charge in [0.1, 0.15) is 5.82 Å². The van der Waals surface area contributed by atoms with Crippen LogP contribution in [-0.2, 0) is 7.05 Å². The zero-order valence-electron chi connectivity index (χ0n) is 7.62. The van der Waals surface area contributed by atoms with E-state index in [1.165, 1.54) is 16.8 Å². The molecule has 0 aliphatic carbocycles. The maximum absolute atomic E-state index is 13.3. The van der Waals surface area contributed by atoms with Crippen LogP contribution in [0.1, 0.15) is 0 Å². The molecule has 0 fully saturated rings. The predicted octanol–water partition coefficient (Wildman–Crippen LogP) is 1.52. The van der Waals surface area contributed by atoms with Crippen LogP contribution in [0, 0.1) is 5.82 Å². The average Bonchev–Trinajstić information content (AvgIpc) is 2.48. The van der Waals surface area contributed by atoms with Gasteiger partial charge in [-0.15, -0.1) is 0 Å². The number of aryl methyl sites for hydroxylation is 1. The number of halogens is 1. The standard InChI is InChI=1S/C10H9FN2O/c1-13-10(14)6-9(12-13)7-4-2-3-5-8(7)11/h2-6,12H,1H3. The van der Waals surface area contributed by atoms with Crippen LogP contribution in [0.25, 0.3) is 11.3 Å². The molecule has 0 atom stereocenters. The first-order valence-electron chi connectivity index (χ1n) is 4.19. The lowest BCUT2D eigenvalue weighted by Crippen LogP contribution is -2.09. The van der Waals surface area contributed by atoms with Crippen molar-refractivity contribution in [1.29, 1.82) is 0 Å². The normalized spacial score (nSPS) is 10.4. The molecule has 1 N–H and O–H groups in total. The zero-order valence-corrected chi connectivity index (χ0v) is 7.62. The van der Waals surface area contributed by atoms with E-state index < -0.39 is 0 Å². The average molecular weight is 192 g/mol. The van der Waals surface area contributed by atoms with E-state index >= 15 is 0 Å². The van der Waals surface area contributed by atoms with Gasteiger partial charge in [-0.2, -0.15) is 0 Å². The monoisotopic (exact) mass is 192 g/mol. The highest BCUT2D eigenvalue weighted by Crippen LogP contribution is 2.18. The second-order valence-electron chi connectivity index (χ2n) is 3.05. The Kier molecular flexibility index (Phi) is 1.96. The van der Waals surface area contributed by atoms with Gasteiger partial charge in [0.25, 0.3) is 5.56 Å². The van der Waals surface area contributed by atoms with E-state index in [1.54, 1.807) is 25.2 Å². The molecule has 0 aliphatic heterocycles. The third-order valence-corrected chi connectivity index (χ3v) is 2.05. The Morgan fingerprint density at radius 1 is 1.36 bits per heavy atom. The second kappa shape index (κ2) is 3.14. The van der Waals surface area contributed by atoms with Crippen LogP contribution >= 0.6 is 0 Å². The summed E-state index contributed by atoms with van der Waals surface area (Å²) in [7, 11) is 1.59. The molecule has 4 heteroatoms. The van der Waals surface area contributed by atoms with Crippen LogP contribution in [-0.4, -0.2) is 9.78 Å². The Labute approximate surface area is 79.8 Å². The quantitative estimate of drug-likeness (QED) is 0.730. The smallest absolute Gasteiger partial charge is 0.266 e. The second-order valence-corrected chi connectivity index (χ2v) is 3.05. The lowest BCUT2D eigenvalue weighted by Gasteiger charge is -1.98. The van der Waals surface area contributed by atoms with Crippen LogP contribution in [0.3, 0.4) is 0 Å². The zero-order chi connectivity index (χ0) is 10.1. The van der Waals surface area contributed by atoms with Crippen LogP contribution in [0.4, 0.5) is 4.39 Å². The molecule has 0 amide bonds. The van der Waals surface area contributed by atoms with Gasteiger partial charge in [0.2, 0.25) is 0 Å². The third kappa shape index (κ3) is 1.35. The molecule has 1 heterocycles. The summed E-state index contributed by atoms with van der Waals surface area (Å²) in [4.78, 5) is 11.1. The predicted molar refractivity (Wildman–Crippen MR) is 51.4 cm³/mol. The SMILES string of the molecule is Cn1[nH]c(-c2ccccc2F)cc1=O. The largest absolute Gasteiger partial charge is 0.295 e. The maximum atomic E-state index is 13.3. The minimum atomic E-state index is -0.339. The highest BCUT2D eigenvalue weighted by molar-refractivity contribution is 5.58. The molecule has 0 radical (unpaired) electrons. The number of aromatic nitrogens is 2. The highest BCUT2D eigenvalue weighted by atomic mass is 19.1. The van der Waals surface area contributed by atoms with Gasteiger partial charge >= 0.3 is 0 Å². The molecule has 0 aliphatic rings. The number of hydrogen-bond acceptors (Lipinski definition) is 1. The number of nitrogens with one attached hydrogen (secondary N) is 1. The van der Waals surface area contributed by atoms with Gasteiger partial charge in [-0.25, -0.2) is 4.39 Å². The minimum absolute atomic E-state index is 0.178. The minimum Gasteiger partial charge on any atom is -0.295 e.